The predicted octanol–water partition coefficient (Wildman–Crippen LogP) is 5.11. The summed E-state index contributed by atoms with van der Waals surface area (Å²) in [5, 5.41) is 12.7. The zero-order valence-corrected chi connectivity index (χ0v) is 12.8. The lowest BCUT2D eigenvalue weighted by Gasteiger charge is -2.25. The van der Waals surface area contributed by atoms with Gasteiger partial charge in [0.2, 0.25) is 0 Å². The fourth-order valence-corrected chi connectivity index (χ4v) is 2.30. The van der Waals surface area contributed by atoms with E-state index >= 15 is 0 Å². The van der Waals surface area contributed by atoms with Crippen LogP contribution in [0.5, 0.6) is 0 Å². The van der Waals surface area contributed by atoms with E-state index in [9.17, 15) is 5.26 Å². The monoisotopic (exact) mass is 308 g/mol. The van der Waals surface area contributed by atoms with Gasteiger partial charge in [0.1, 0.15) is 5.54 Å². The standard InChI is InChI=1S/C15H21BrN2/c1-3-4-5-8-11-15(2,12-17)18-14-10-7-6-9-13(14)16/h6-7,9-10,18H,3-5,8,11H2,1-2H3. The maximum absolute atomic E-state index is 9.37. The second-order valence-electron chi connectivity index (χ2n) is 4.86. The van der Waals surface area contributed by atoms with Crippen LogP contribution >= 0.6 is 15.9 Å². The molecule has 0 aromatic heterocycles. The normalized spacial score (nSPS) is 13.7. The van der Waals surface area contributed by atoms with Gasteiger partial charge in [0.05, 0.1) is 6.07 Å². The van der Waals surface area contributed by atoms with Crippen molar-refractivity contribution in [1.29, 1.82) is 5.26 Å². The molecule has 0 radical (unpaired) electrons. The lowest BCUT2D eigenvalue weighted by atomic mass is 9.95. The number of unbranched alkanes of at least 4 members (excludes halogenated alkanes) is 3. The lowest BCUT2D eigenvalue weighted by molar-refractivity contribution is 0.528. The summed E-state index contributed by atoms with van der Waals surface area (Å²) in [5.41, 5.74) is 0.495. The van der Waals surface area contributed by atoms with Crippen molar-refractivity contribution in [1.82, 2.24) is 0 Å². The molecular formula is C15H21BrN2. The van der Waals surface area contributed by atoms with Crippen LogP contribution in [0.4, 0.5) is 5.69 Å². The number of para-hydroxylation sites is 1. The quantitative estimate of drug-likeness (QED) is 0.710. The molecule has 0 saturated carbocycles. The third kappa shape index (κ3) is 4.70. The number of halogens is 1. The van der Waals surface area contributed by atoms with Gasteiger partial charge in [-0.1, -0.05) is 44.7 Å². The van der Waals surface area contributed by atoms with E-state index in [4.69, 9.17) is 0 Å². The maximum Gasteiger partial charge on any atom is 0.122 e. The number of hydrogen-bond acceptors (Lipinski definition) is 2. The average molecular weight is 309 g/mol. The van der Waals surface area contributed by atoms with Crippen molar-refractivity contribution in [3.05, 3.63) is 28.7 Å². The highest BCUT2D eigenvalue weighted by Gasteiger charge is 2.23. The van der Waals surface area contributed by atoms with E-state index in [0.29, 0.717) is 0 Å². The predicted molar refractivity (Wildman–Crippen MR) is 80.5 cm³/mol. The molecular weight excluding hydrogens is 288 g/mol. The number of nitrogens with one attached hydrogen (secondary N) is 1. The third-order valence-corrected chi connectivity index (χ3v) is 3.75. The van der Waals surface area contributed by atoms with Crippen LogP contribution in [-0.2, 0) is 0 Å². The first-order valence-electron chi connectivity index (χ1n) is 6.55. The molecule has 0 aliphatic carbocycles. The Hall–Kier alpha value is -1.01. The number of nitriles is 1. The first-order valence-corrected chi connectivity index (χ1v) is 7.34. The van der Waals surface area contributed by atoms with E-state index in [1.807, 2.05) is 31.2 Å². The number of hydrogen-bond donors (Lipinski definition) is 1. The molecule has 0 heterocycles. The molecule has 3 heteroatoms. The number of nitrogens with zero attached hydrogens (tertiary/aromatic N) is 1. The Labute approximate surface area is 119 Å². The summed E-state index contributed by atoms with van der Waals surface area (Å²) < 4.78 is 1.00. The molecule has 0 fully saturated rings. The van der Waals surface area contributed by atoms with Crippen LogP contribution in [0.1, 0.15) is 46.0 Å². The molecule has 1 aromatic rings. The molecule has 1 aromatic carbocycles. The van der Waals surface area contributed by atoms with Gasteiger partial charge in [-0.15, -0.1) is 0 Å². The number of anilines is 1. The molecule has 0 spiro atoms. The van der Waals surface area contributed by atoms with Gasteiger partial charge >= 0.3 is 0 Å². The maximum atomic E-state index is 9.37. The fraction of sp³-hybridized carbons (Fsp3) is 0.533. The summed E-state index contributed by atoms with van der Waals surface area (Å²) in [6, 6.07) is 10.3. The minimum Gasteiger partial charge on any atom is -0.367 e. The van der Waals surface area contributed by atoms with E-state index in [2.05, 4.69) is 34.2 Å². The molecule has 98 valence electrons. The Morgan fingerprint density at radius 1 is 1.28 bits per heavy atom. The van der Waals surface area contributed by atoms with Gasteiger partial charge in [0.15, 0.2) is 0 Å². The Morgan fingerprint density at radius 3 is 2.61 bits per heavy atom. The van der Waals surface area contributed by atoms with Gasteiger partial charge in [-0.2, -0.15) is 5.26 Å². The van der Waals surface area contributed by atoms with Gasteiger partial charge in [-0.05, 0) is 41.4 Å². The minimum absolute atomic E-state index is 0.488. The summed E-state index contributed by atoms with van der Waals surface area (Å²) in [6.45, 7) is 4.17. The van der Waals surface area contributed by atoms with Gasteiger partial charge in [0.25, 0.3) is 0 Å². The van der Waals surface area contributed by atoms with Crippen molar-refractivity contribution in [2.75, 3.05) is 5.32 Å². The van der Waals surface area contributed by atoms with Gasteiger partial charge in [-0.3, -0.25) is 0 Å². The second kappa shape index (κ2) is 7.43. The van der Waals surface area contributed by atoms with Crippen LogP contribution in [0, 0.1) is 11.3 Å². The number of rotatable bonds is 7. The van der Waals surface area contributed by atoms with Gasteiger partial charge in [0, 0.05) is 10.2 Å². The second-order valence-corrected chi connectivity index (χ2v) is 5.71. The fourth-order valence-electron chi connectivity index (χ4n) is 1.91. The van der Waals surface area contributed by atoms with Crippen LogP contribution < -0.4 is 5.32 Å². The van der Waals surface area contributed by atoms with Crippen molar-refractivity contribution in [3.63, 3.8) is 0 Å². The summed E-state index contributed by atoms with van der Waals surface area (Å²) in [4.78, 5) is 0. The van der Waals surface area contributed by atoms with Crippen molar-refractivity contribution >= 4 is 21.6 Å². The minimum atomic E-state index is -0.488. The zero-order valence-electron chi connectivity index (χ0n) is 11.2. The van der Waals surface area contributed by atoms with Crippen molar-refractivity contribution in [3.8, 4) is 6.07 Å². The van der Waals surface area contributed by atoms with E-state index in [0.717, 1.165) is 23.0 Å². The van der Waals surface area contributed by atoms with Crippen molar-refractivity contribution in [2.45, 2.75) is 51.5 Å². The largest absolute Gasteiger partial charge is 0.367 e. The SMILES string of the molecule is CCCCCCC(C)(C#N)Nc1ccccc1Br. The highest BCUT2D eigenvalue weighted by molar-refractivity contribution is 9.10. The van der Waals surface area contributed by atoms with E-state index in [1.54, 1.807) is 0 Å². The molecule has 0 aliphatic heterocycles. The molecule has 1 N–H and O–H groups in total. The van der Waals surface area contributed by atoms with Gasteiger partial charge < -0.3 is 5.32 Å². The molecule has 0 amide bonds. The third-order valence-electron chi connectivity index (χ3n) is 3.06. The molecule has 0 bridgehead atoms. The van der Waals surface area contributed by atoms with Crippen LogP contribution in [0.25, 0.3) is 0 Å². The van der Waals surface area contributed by atoms with Crippen LogP contribution in [-0.4, -0.2) is 5.54 Å². The van der Waals surface area contributed by atoms with Crippen molar-refractivity contribution < 1.29 is 0 Å². The molecule has 1 atom stereocenters. The van der Waals surface area contributed by atoms with E-state index in [-0.39, 0.29) is 0 Å². The molecule has 1 unspecified atom stereocenters. The van der Waals surface area contributed by atoms with Crippen LogP contribution in [0.3, 0.4) is 0 Å². The number of benzene rings is 1. The first kappa shape index (κ1) is 15.0. The first-order chi connectivity index (χ1) is 8.61. The van der Waals surface area contributed by atoms with Crippen LogP contribution in [0.15, 0.2) is 28.7 Å². The molecule has 0 aliphatic rings. The molecule has 2 nitrogen and oxygen atoms in total. The summed E-state index contributed by atoms with van der Waals surface area (Å²) >= 11 is 3.50. The summed E-state index contributed by atoms with van der Waals surface area (Å²) in [7, 11) is 0. The summed E-state index contributed by atoms with van der Waals surface area (Å²) in [6.07, 6.45) is 5.64. The Bertz CT molecular complexity index is 411. The average Bonchev–Trinajstić information content (AvgIpc) is 2.38. The van der Waals surface area contributed by atoms with Crippen LogP contribution in [0.2, 0.25) is 0 Å². The van der Waals surface area contributed by atoms with E-state index < -0.39 is 5.54 Å². The summed E-state index contributed by atoms with van der Waals surface area (Å²) in [5.74, 6) is 0. The highest BCUT2D eigenvalue weighted by atomic mass is 79.9. The Kier molecular flexibility index (Phi) is 6.21. The van der Waals surface area contributed by atoms with E-state index in [1.165, 1.54) is 19.3 Å². The topological polar surface area (TPSA) is 35.8 Å². The molecule has 0 saturated heterocycles. The zero-order chi connectivity index (χ0) is 13.4. The Balaban J connectivity index is 2.60. The smallest absolute Gasteiger partial charge is 0.122 e. The lowest BCUT2D eigenvalue weighted by Crippen LogP contribution is -2.32. The molecule has 1 rings (SSSR count). The van der Waals surface area contributed by atoms with Crippen molar-refractivity contribution in [2.24, 2.45) is 0 Å². The molecule has 18 heavy (non-hydrogen) atoms. The highest BCUT2D eigenvalue weighted by Crippen LogP contribution is 2.27. The Morgan fingerprint density at radius 2 is 2.00 bits per heavy atom. The van der Waals surface area contributed by atoms with Gasteiger partial charge in [-0.25, -0.2) is 0 Å².